The average Bonchev–Trinajstić information content (AvgIpc) is 3.25. The van der Waals surface area contributed by atoms with Gasteiger partial charge in [0.2, 0.25) is 6.29 Å². The molecule has 22 heteroatoms. The van der Waals surface area contributed by atoms with Crippen molar-refractivity contribution in [2.75, 3.05) is 46.2 Å². The molecule has 0 aromatic rings. The fourth-order valence-corrected chi connectivity index (χ4v) is 7.18. The van der Waals surface area contributed by atoms with Crippen molar-refractivity contribution in [2.45, 2.75) is 198 Å². The number of carbonyl (C=O) groups excluding carboxylic acids is 2. The van der Waals surface area contributed by atoms with E-state index >= 15 is 0 Å². The van der Waals surface area contributed by atoms with E-state index < -0.39 is 117 Å². The van der Waals surface area contributed by atoms with Gasteiger partial charge in [0, 0.05) is 43.2 Å². The first-order valence-corrected chi connectivity index (χ1v) is 22.1. The van der Waals surface area contributed by atoms with Crippen LogP contribution in [0.2, 0.25) is 0 Å². The van der Waals surface area contributed by atoms with Gasteiger partial charge < -0.3 is 67.4 Å². The molecule has 3 N–H and O–H groups in total. The third-order valence-electron chi connectivity index (χ3n) is 10.6. The minimum absolute atomic E-state index is 0.0242. The number of rotatable bonds is 29. The molecule has 0 aliphatic carbocycles. The second kappa shape index (κ2) is 29.5. The lowest BCUT2D eigenvalue weighted by Gasteiger charge is -2.50. The Morgan fingerprint density at radius 1 is 0.581 bits per heavy atom. The van der Waals surface area contributed by atoms with E-state index in [2.05, 4.69) is 20.1 Å². The molecule has 3 fully saturated rings. The molecule has 22 nitrogen and oxygen atoms in total. The van der Waals surface area contributed by atoms with E-state index in [-0.39, 0.29) is 26.4 Å². The molecular weight excluding hydrogens is 820 g/mol. The summed E-state index contributed by atoms with van der Waals surface area (Å²) >= 11 is 0. The maximum atomic E-state index is 14.2. The summed E-state index contributed by atoms with van der Waals surface area (Å²) in [6, 6.07) is -2.72. The van der Waals surface area contributed by atoms with Gasteiger partial charge in [-0.1, -0.05) is 77.0 Å². The lowest BCUT2D eigenvalue weighted by molar-refractivity contribution is -0.369. The average molecular weight is 891 g/mol. The second-order valence-corrected chi connectivity index (χ2v) is 15.3. The molecule has 3 aliphatic rings. The zero-order valence-corrected chi connectivity index (χ0v) is 37.0. The van der Waals surface area contributed by atoms with Crippen molar-refractivity contribution in [3.63, 3.8) is 0 Å². The number of aliphatic hydroxyl groups is 3. The molecule has 3 heterocycles. The molecule has 3 unspecified atom stereocenters. The first-order valence-electron chi connectivity index (χ1n) is 22.1. The van der Waals surface area contributed by atoms with Crippen LogP contribution in [0.1, 0.15) is 106 Å². The maximum absolute atomic E-state index is 14.2. The molecule has 3 saturated heterocycles. The van der Waals surface area contributed by atoms with Gasteiger partial charge in [-0.05, 0) is 43.2 Å². The van der Waals surface area contributed by atoms with Crippen LogP contribution < -0.4 is 0 Å². The molecule has 356 valence electrons. The number of esters is 2. The summed E-state index contributed by atoms with van der Waals surface area (Å²) in [6.07, 6.45) is -10.6. The predicted molar refractivity (Wildman–Crippen MR) is 218 cm³/mol. The molecule has 0 aromatic heterocycles. The van der Waals surface area contributed by atoms with E-state index in [0.717, 1.165) is 32.6 Å². The first kappa shape index (κ1) is 53.4. The van der Waals surface area contributed by atoms with E-state index in [1.165, 1.54) is 0 Å². The van der Waals surface area contributed by atoms with Crippen LogP contribution in [-0.2, 0) is 61.7 Å². The third kappa shape index (κ3) is 15.4. The summed E-state index contributed by atoms with van der Waals surface area (Å²) in [6.45, 7) is 10.6. The molecule has 0 saturated carbocycles. The van der Waals surface area contributed by atoms with Crippen molar-refractivity contribution in [2.24, 2.45) is 10.2 Å². The Hall–Kier alpha value is -2.92. The van der Waals surface area contributed by atoms with Crippen molar-refractivity contribution in [3.05, 3.63) is 20.9 Å². The number of nitrogens with zero attached hydrogens (tertiary/aromatic N) is 6. The van der Waals surface area contributed by atoms with Crippen LogP contribution in [0, 0.1) is 0 Å². The Morgan fingerprint density at radius 2 is 1.05 bits per heavy atom. The maximum Gasteiger partial charge on any atom is 0.338 e. The van der Waals surface area contributed by atoms with Crippen LogP contribution in [-0.4, -0.2) is 165 Å². The summed E-state index contributed by atoms with van der Waals surface area (Å²) in [7, 11) is 0. The Morgan fingerprint density at radius 3 is 1.58 bits per heavy atom. The number of ether oxygens (including phenoxy) is 11. The van der Waals surface area contributed by atoms with Gasteiger partial charge in [0.1, 0.15) is 54.8 Å². The molecule has 0 spiro atoms. The highest BCUT2D eigenvalue weighted by molar-refractivity contribution is 5.76. The summed E-state index contributed by atoms with van der Waals surface area (Å²) in [5.74, 6) is -1.67. The summed E-state index contributed by atoms with van der Waals surface area (Å²) in [5, 5.41) is 40.4. The molecule has 0 aromatic carbocycles. The fourth-order valence-electron chi connectivity index (χ4n) is 7.18. The van der Waals surface area contributed by atoms with Gasteiger partial charge in [0.05, 0.1) is 32.0 Å². The largest absolute Gasteiger partial charge is 0.464 e. The lowest BCUT2D eigenvalue weighted by Crippen LogP contribution is -2.68. The molecular formula is C40H70N6O16. The SMILES string of the molecule is CCCCOC(=O)[C@@H]1O[C@@H](O[C@H]2C(O)[C@H](N=[N+]=[N-])[C@H](OC(C)=O)O[C@H]2CO)[C@@H](OCCCC)C(OCCCC)[C@@H]1O[C@H]1O[C@@H](CO)[C@@H](OCCCC)[C@H](OCCCC)C1N=[N+]=[N-]. The molecule has 0 amide bonds. The van der Waals surface area contributed by atoms with Crippen LogP contribution >= 0.6 is 0 Å². The number of hydrogen-bond acceptors (Lipinski definition) is 18. The smallest absolute Gasteiger partial charge is 0.338 e. The molecule has 0 bridgehead atoms. The first-order chi connectivity index (χ1) is 30.1. The molecule has 0 radical (unpaired) electrons. The van der Waals surface area contributed by atoms with Crippen LogP contribution in [0.4, 0.5) is 0 Å². The second-order valence-electron chi connectivity index (χ2n) is 15.3. The topological polar surface area (TPSA) is 294 Å². The number of hydrogen-bond donors (Lipinski definition) is 3. The Bertz CT molecular complexity index is 1390. The fraction of sp³-hybridized carbons (Fsp3) is 0.950. The molecule has 3 rings (SSSR count). The minimum atomic E-state index is -1.74. The lowest BCUT2D eigenvalue weighted by atomic mass is 9.94. The molecule has 62 heavy (non-hydrogen) atoms. The summed E-state index contributed by atoms with van der Waals surface area (Å²) < 4.78 is 68.1. The highest BCUT2D eigenvalue weighted by Crippen LogP contribution is 2.37. The van der Waals surface area contributed by atoms with E-state index in [4.69, 9.17) is 52.1 Å². The van der Waals surface area contributed by atoms with Crippen molar-refractivity contribution >= 4 is 11.9 Å². The van der Waals surface area contributed by atoms with E-state index in [9.17, 15) is 36.0 Å². The van der Waals surface area contributed by atoms with Gasteiger partial charge in [-0.25, -0.2) is 4.79 Å². The van der Waals surface area contributed by atoms with Crippen LogP contribution in [0.25, 0.3) is 20.9 Å². The molecule has 15 atom stereocenters. The van der Waals surface area contributed by atoms with Crippen molar-refractivity contribution < 1.29 is 77.0 Å². The van der Waals surface area contributed by atoms with Gasteiger partial charge in [0.25, 0.3) is 0 Å². The van der Waals surface area contributed by atoms with Gasteiger partial charge in [-0.2, -0.15) is 0 Å². The Kier molecular flexibility index (Phi) is 25.4. The monoisotopic (exact) mass is 890 g/mol. The highest BCUT2D eigenvalue weighted by atomic mass is 16.8. The van der Waals surface area contributed by atoms with Gasteiger partial charge >= 0.3 is 11.9 Å². The van der Waals surface area contributed by atoms with Crippen molar-refractivity contribution in [1.29, 1.82) is 0 Å². The number of carbonyl (C=O) groups is 2. The number of unbranched alkanes of at least 4 members (excludes halogenated alkanes) is 5. The summed E-state index contributed by atoms with van der Waals surface area (Å²) in [4.78, 5) is 32.0. The van der Waals surface area contributed by atoms with E-state index in [1.807, 2.05) is 34.6 Å². The molecule has 3 aliphatic heterocycles. The van der Waals surface area contributed by atoms with E-state index in [0.29, 0.717) is 45.1 Å². The van der Waals surface area contributed by atoms with Gasteiger partial charge in [-0.15, -0.1) is 0 Å². The van der Waals surface area contributed by atoms with Crippen molar-refractivity contribution in [3.8, 4) is 0 Å². The van der Waals surface area contributed by atoms with Gasteiger partial charge in [0.15, 0.2) is 18.7 Å². The van der Waals surface area contributed by atoms with Crippen LogP contribution in [0.15, 0.2) is 10.2 Å². The standard InChI is InChI=1S/C40H70N6O16/c1-7-12-17-52-31-26(23-48)59-39(28(44-46-42)32(31)53-18-13-8-2)61-34-33(54-19-14-9-3)36(55-20-15-10-4)40(62-35(34)37(51)56-21-16-11-5)60-30-25(22-47)58-38(57-24(6)49)27(29(30)50)43-45-41/h25-36,38-40,47-48,50H,7-23H2,1-6H3/t25-,26-,27-,28?,29?,30+,31+,32+,33?,34-,35+,36-,38+,39+,40+/m0/s1. The van der Waals surface area contributed by atoms with Crippen molar-refractivity contribution in [1.82, 2.24) is 0 Å². The number of aliphatic hydroxyl groups excluding tert-OH is 3. The third-order valence-corrected chi connectivity index (χ3v) is 10.6. The zero-order chi connectivity index (χ0) is 45.4. The van der Waals surface area contributed by atoms with Crippen LogP contribution in [0.5, 0.6) is 0 Å². The normalized spacial score (nSPS) is 33.5. The highest BCUT2D eigenvalue weighted by Gasteiger charge is 2.58. The summed E-state index contributed by atoms with van der Waals surface area (Å²) in [5.41, 5.74) is 19.2. The quantitative estimate of drug-likeness (QED) is 0.0310. The number of azide groups is 2. The Balaban J connectivity index is 2.18. The predicted octanol–water partition coefficient (Wildman–Crippen LogP) is 4.28. The Labute approximate surface area is 363 Å². The van der Waals surface area contributed by atoms with Crippen LogP contribution in [0.3, 0.4) is 0 Å². The van der Waals surface area contributed by atoms with E-state index in [1.54, 1.807) is 0 Å². The zero-order valence-electron chi connectivity index (χ0n) is 37.0. The minimum Gasteiger partial charge on any atom is -0.464 e. The van der Waals surface area contributed by atoms with Gasteiger partial charge in [-0.3, -0.25) is 4.79 Å².